The summed E-state index contributed by atoms with van der Waals surface area (Å²) in [7, 11) is 1.27. The Labute approximate surface area is 223 Å². The summed E-state index contributed by atoms with van der Waals surface area (Å²) in [5.74, 6) is -1.49. The Hall–Kier alpha value is -3.10. The molecule has 2 aromatic carbocycles. The van der Waals surface area contributed by atoms with Crippen molar-refractivity contribution < 1.29 is 35.5 Å². The zero-order valence-corrected chi connectivity index (χ0v) is 22.0. The Balaban J connectivity index is 2.22. The lowest BCUT2D eigenvalue weighted by Crippen LogP contribution is -2.42. The van der Waals surface area contributed by atoms with Gasteiger partial charge >= 0.3 is 12.4 Å². The van der Waals surface area contributed by atoms with Crippen molar-refractivity contribution in [2.45, 2.75) is 44.4 Å². The molecule has 0 saturated carbocycles. The number of rotatable bonds is 5. The number of aryl methyl sites for hydroxylation is 1. The molecule has 0 atom stereocenters. The molecule has 38 heavy (non-hydrogen) atoms. The van der Waals surface area contributed by atoms with E-state index in [0.717, 1.165) is 16.2 Å². The number of anilines is 1. The molecule has 0 saturated heterocycles. The van der Waals surface area contributed by atoms with E-state index >= 15 is 0 Å². The van der Waals surface area contributed by atoms with E-state index in [-0.39, 0.29) is 23.2 Å². The topological polar surface area (TPSA) is 44.1 Å². The Kier molecular flexibility index (Phi) is 7.93. The molecular weight excluding hydrogens is 557 g/mol. The van der Waals surface area contributed by atoms with Crippen LogP contribution in [0.15, 0.2) is 36.4 Å². The summed E-state index contributed by atoms with van der Waals surface area (Å²) in [5, 5.41) is 9.86. The lowest BCUT2D eigenvalue weighted by molar-refractivity contribution is -0.143. The zero-order valence-electron chi connectivity index (χ0n) is 20.4. The predicted octanol–water partition coefficient (Wildman–Crippen LogP) is 8.45. The number of benzene rings is 2. The highest BCUT2D eigenvalue weighted by Crippen LogP contribution is 2.46. The quantitative estimate of drug-likeness (QED) is 0.226. The van der Waals surface area contributed by atoms with Crippen molar-refractivity contribution in [1.29, 1.82) is 5.26 Å². The summed E-state index contributed by atoms with van der Waals surface area (Å²) in [6, 6.07) is 6.87. The third-order valence-electron chi connectivity index (χ3n) is 6.11. The predicted molar refractivity (Wildman–Crippen MR) is 132 cm³/mol. The fourth-order valence-corrected chi connectivity index (χ4v) is 5.54. The van der Waals surface area contributed by atoms with E-state index in [1.54, 1.807) is 6.92 Å². The van der Waals surface area contributed by atoms with E-state index in [0.29, 0.717) is 33.0 Å². The molecule has 0 aliphatic heterocycles. The maximum Gasteiger partial charge on any atom is 0.416 e. The summed E-state index contributed by atoms with van der Waals surface area (Å²) >= 11 is 7.10. The van der Waals surface area contributed by atoms with E-state index in [2.05, 4.69) is 0 Å². The molecule has 202 valence electrons. The first-order chi connectivity index (χ1) is 17.4. The van der Waals surface area contributed by atoms with Crippen LogP contribution in [0.25, 0.3) is 10.4 Å². The SMILES string of the molecule is Cc1cc(F)ccc1-c1sc(CCl)c(C#N)c1N(C)C(=O)C(C)(C)c1cc(C(F)(F)F)cc(C(F)(F)F)c1. The minimum atomic E-state index is -5.09. The number of halogens is 8. The Bertz CT molecular complexity index is 1400. The summed E-state index contributed by atoms with van der Waals surface area (Å²) < 4.78 is 94.5. The number of likely N-dealkylation sites (N-methyl/N-ethyl adjacent to an activating group) is 1. The van der Waals surface area contributed by atoms with Crippen molar-refractivity contribution >= 4 is 34.5 Å². The number of hydrogen-bond acceptors (Lipinski definition) is 3. The monoisotopic (exact) mass is 576 g/mol. The molecule has 12 heteroatoms. The first kappa shape index (κ1) is 29.5. The van der Waals surface area contributed by atoms with Gasteiger partial charge in [-0.05, 0) is 67.8 Å². The third-order valence-corrected chi connectivity index (χ3v) is 7.74. The molecule has 1 aromatic heterocycles. The Morgan fingerprint density at radius 3 is 1.97 bits per heavy atom. The summed E-state index contributed by atoms with van der Waals surface area (Å²) in [5.41, 5.74) is -4.44. The fraction of sp³-hybridized carbons (Fsp3) is 0.308. The van der Waals surface area contributed by atoms with Gasteiger partial charge in [0.25, 0.3) is 0 Å². The molecule has 0 aliphatic carbocycles. The van der Waals surface area contributed by atoms with Gasteiger partial charge in [0.2, 0.25) is 5.91 Å². The van der Waals surface area contributed by atoms with E-state index < -0.39 is 46.2 Å². The van der Waals surface area contributed by atoms with Gasteiger partial charge in [-0.25, -0.2) is 4.39 Å². The first-order valence-corrected chi connectivity index (χ1v) is 12.2. The number of thiophene rings is 1. The van der Waals surface area contributed by atoms with Crippen LogP contribution in [0.2, 0.25) is 0 Å². The van der Waals surface area contributed by atoms with Gasteiger partial charge in [0.1, 0.15) is 11.9 Å². The second-order valence-corrected chi connectivity index (χ2v) is 10.4. The number of alkyl halides is 7. The minimum absolute atomic E-state index is 0.0113. The van der Waals surface area contributed by atoms with E-state index in [1.165, 1.54) is 39.1 Å². The average molecular weight is 577 g/mol. The van der Waals surface area contributed by atoms with Crippen molar-refractivity contribution in [2.75, 3.05) is 11.9 Å². The van der Waals surface area contributed by atoms with Crippen LogP contribution in [-0.4, -0.2) is 13.0 Å². The van der Waals surface area contributed by atoms with Crippen LogP contribution in [0.1, 0.15) is 46.5 Å². The third kappa shape index (κ3) is 5.52. The molecule has 0 unspecified atom stereocenters. The van der Waals surface area contributed by atoms with Crippen molar-refractivity contribution in [3.63, 3.8) is 0 Å². The largest absolute Gasteiger partial charge is 0.416 e. The molecule has 0 aliphatic rings. The Morgan fingerprint density at radius 1 is 1.00 bits per heavy atom. The van der Waals surface area contributed by atoms with Crippen molar-refractivity contribution in [3.05, 3.63) is 74.9 Å². The van der Waals surface area contributed by atoms with E-state index in [1.807, 2.05) is 6.07 Å². The van der Waals surface area contributed by atoms with Crippen molar-refractivity contribution in [2.24, 2.45) is 0 Å². The molecule has 3 nitrogen and oxygen atoms in total. The van der Waals surface area contributed by atoms with Crippen molar-refractivity contribution in [3.8, 4) is 16.5 Å². The summed E-state index contributed by atoms with van der Waals surface area (Å²) in [6.07, 6.45) is -10.2. The molecule has 0 spiro atoms. The maximum atomic E-state index is 13.7. The molecule has 3 rings (SSSR count). The van der Waals surface area contributed by atoms with Gasteiger partial charge in [0.05, 0.1) is 38.5 Å². The van der Waals surface area contributed by atoms with Crippen LogP contribution >= 0.6 is 22.9 Å². The molecule has 3 aromatic rings. The molecule has 0 fully saturated rings. The highest BCUT2D eigenvalue weighted by atomic mass is 35.5. The zero-order chi connectivity index (χ0) is 28.8. The highest BCUT2D eigenvalue weighted by Gasteiger charge is 2.42. The number of amides is 1. The van der Waals surface area contributed by atoms with Crippen LogP contribution in [-0.2, 0) is 28.4 Å². The maximum absolute atomic E-state index is 13.7. The lowest BCUT2D eigenvalue weighted by atomic mass is 9.81. The van der Waals surface area contributed by atoms with Crippen LogP contribution < -0.4 is 4.90 Å². The van der Waals surface area contributed by atoms with Gasteiger partial charge in [-0.1, -0.05) is 6.07 Å². The fourth-order valence-electron chi connectivity index (χ4n) is 4.02. The number of nitrogens with zero attached hydrogens (tertiary/aromatic N) is 2. The smallest absolute Gasteiger partial charge is 0.312 e. The van der Waals surface area contributed by atoms with Gasteiger partial charge in [0, 0.05) is 11.9 Å². The number of nitriles is 1. The van der Waals surface area contributed by atoms with Gasteiger partial charge in [0.15, 0.2) is 0 Å². The van der Waals surface area contributed by atoms with E-state index in [9.17, 15) is 40.8 Å². The van der Waals surface area contributed by atoms with Gasteiger partial charge in [-0.3, -0.25) is 4.79 Å². The van der Waals surface area contributed by atoms with Crippen molar-refractivity contribution in [1.82, 2.24) is 0 Å². The molecular formula is C26H20ClF7N2OS. The molecule has 1 heterocycles. The highest BCUT2D eigenvalue weighted by molar-refractivity contribution is 7.16. The van der Waals surface area contributed by atoms with Crippen LogP contribution in [0.3, 0.4) is 0 Å². The van der Waals surface area contributed by atoms with Crippen LogP contribution in [0.4, 0.5) is 36.4 Å². The lowest BCUT2D eigenvalue weighted by Gasteiger charge is -2.31. The minimum Gasteiger partial charge on any atom is -0.312 e. The van der Waals surface area contributed by atoms with Gasteiger partial charge < -0.3 is 4.90 Å². The second-order valence-electron chi connectivity index (χ2n) is 9.07. The molecule has 0 bridgehead atoms. The summed E-state index contributed by atoms with van der Waals surface area (Å²) in [4.78, 5) is 15.5. The normalized spacial score (nSPS) is 12.4. The molecule has 0 radical (unpaired) electrons. The van der Waals surface area contributed by atoms with Gasteiger partial charge in [-0.15, -0.1) is 22.9 Å². The van der Waals surface area contributed by atoms with Gasteiger partial charge in [-0.2, -0.15) is 31.6 Å². The molecule has 1 amide bonds. The first-order valence-electron chi connectivity index (χ1n) is 10.9. The number of carbonyl (C=O) groups excluding carboxylic acids is 1. The standard InChI is InChI=1S/C26H20ClF7N2OS/c1-13-7-17(28)5-6-18(13)22-21(19(12-35)20(11-27)38-22)36(4)23(37)24(2,3)14-8-15(25(29,30)31)10-16(9-14)26(32,33)34/h5-10H,11H2,1-4H3. The van der Waals surface area contributed by atoms with Crippen LogP contribution in [0, 0.1) is 24.1 Å². The summed E-state index contributed by atoms with van der Waals surface area (Å²) in [6.45, 7) is 4.01. The van der Waals surface area contributed by atoms with Crippen LogP contribution in [0.5, 0.6) is 0 Å². The number of carbonyl (C=O) groups is 1. The Morgan fingerprint density at radius 2 is 1.53 bits per heavy atom. The number of hydrogen-bond donors (Lipinski definition) is 0. The average Bonchev–Trinajstić information content (AvgIpc) is 3.20. The second kappa shape index (κ2) is 10.2. The molecule has 0 N–H and O–H groups in total. The van der Waals surface area contributed by atoms with E-state index in [4.69, 9.17) is 11.6 Å².